The molecular weight excluding hydrogens is 274 g/mol. The van der Waals surface area contributed by atoms with E-state index in [2.05, 4.69) is 19.8 Å². The Morgan fingerprint density at radius 1 is 1.33 bits per heavy atom. The summed E-state index contributed by atoms with van der Waals surface area (Å²) in [6.07, 6.45) is 5.98. The molecule has 0 radical (unpaired) electrons. The fraction of sp³-hybridized carbons (Fsp3) is 0.154. The van der Waals surface area contributed by atoms with Crippen molar-refractivity contribution in [2.24, 2.45) is 0 Å². The van der Waals surface area contributed by atoms with Crippen molar-refractivity contribution in [3.8, 4) is 0 Å². The molecule has 0 N–H and O–H groups in total. The molecule has 8 heteroatoms. The van der Waals surface area contributed by atoms with E-state index in [0.717, 1.165) is 0 Å². The number of methoxy groups -OCH3 is 1. The van der Waals surface area contributed by atoms with Crippen molar-refractivity contribution in [2.45, 2.75) is 6.54 Å². The van der Waals surface area contributed by atoms with E-state index in [9.17, 15) is 9.59 Å². The number of esters is 1. The second-order valence-electron chi connectivity index (χ2n) is 4.27. The molecule has 3 aromatic heterocycles. The van der Waals surface area contributed by atoms with E-state index in [4.69, 9.17) is 0 Å². The van der Waals surface area contributed by atoms with Gasteiger partial charge in [-0.15, -0.1) is 5.10 Å². The van der Waals surface area contributed by atoms with Crippen LogP contribution in [0.4, 0.5) is 0 Å². The van der Waals surface area contributed by atoms with Gasteiger partial charge < -0.3 is 4.74 Å². The molecule has 3 heterocycles. The van der Waals surface area contributed by atoms with Gasteiger partial charge in [0.1, 0.15) is 0 Å². The van der Waals surface area contributed by atoms with Crippen molar-refractivity contribution in [1.29, 1.82) is 0 Å². The highest BCUT2D eigenvalue weighted by Crippen LogP contribution is 2.03. The third-order valence-corrected chi connectivity index (χ3v) is 2.95. The van der Waals surface area contributed by atoms with Gasteiger partial charge in [0.15, 0.2) is 5.65 Å². The molecule has 0 aliphatic rings. The second-order valence-corrected chi connectivity index (χ2v) is 4.27. The highest BCUT2D eigenvalue weighted by Gasteiger charge is 2.09. The van der Waals surface area contributed by atoms with Gasteiger partial charge in [0.2, 0.25) is 0 Å². The number of nitrogens with zero attached hydrogens (tertiary/aromatic N) is 5. The zero-order valence-electron chi connectivity index (χ0n) is 11.1. The number of hydrogen-bond acceptors (Lipinski definition) is 6. The molecule has 8 nitrogen and oxygen atoms in total. The van der Waals surface area contributed by atoms with Crippen molar-refractivity contribution in [2.75, 3.05) is 7.11 Å². The van der Waals surface area contributed by atoms with Gasteiger partial charge >= 0.3 is 11.7 Å². The molecule has 0 aliphatic carbocycles. The molecule has 3 rings (SSSR count). The topological polar surface area (TPSA) is 91.4 Å². The smallest absolute Gasteiger partial charge is 0.350 e. The lowest BCUT2D eigenvalue weighted by molar-refractivity contribution is 0.0600. The maximum absolute atomic E-state index is 12.1. The van der Waals surface area contributed by atoms with Gasteiger partial charge in [-0.05, 0) is 12.1 Å². The van der Waals surface area contributed by atoms with Crippen LogP contribution in [0.1, 0.15) is 16.1 Å². The van der Waals surface area contributed by atoms with Gasteiger partial charge in [-0.1, -0.05) is 0 Å². The van der Waals surface area contributed by atoms with Gasteiger partial charge in [-0.3, -0.25) is 9.97 Å². The standard InChI is InChI=1S/C13H11N5O3/c1-21-12(19)9-2-3-10(15-6-9)8-18-13(20)17-5-4-14-7-11(17)16-18/h2-7H,8H2,1H3. The van der Waals surface area contributed by atoms with Crippen LogP contribution in [0.15, 0.2) is 41.7 Å². The third-order valence-electron chi connectivity index (χ3n) is 2.95. The lowest BCUT2D eigenvalue weighted by atomic mass is 10.2. The summed E-state index contributed by atoms with van der Waals surface area (Å²) in [5.41, 5.74) is 1.16. The van der Waals surface area contributed by atoms with Crippen LogP contribution in [0.3, 0.4) is 0 Å². The van der Waals surface area contributed by atoms with Crippen LogP contribution in [0.25, 0.3) is 5.65 Å². The lowest BCUT2D eigenvalue weighted by Crippen LogP contribution is -2.22. The minimum atomic E-state index is -0.454. The van der Waals surface area contributed by atoms with Gasteiger partial charge in [-0.2, -0.15) is 0 Å². The molecule has 0 saturated heterocycles. The fourth-order valence-electron chi connectivity index (χ4n) is 1.89. The summed E-state index contributed by atoms with van der Waals surface area (Å²) in [5, 5.41) is 4.15. The van der Waals surface area contributed by atoms with Crippen molar-refractivity contribution in [3.05, 3.63) is 58.7 Å². The Bertz CT molecular complexity index is 850. The fourth-order valence-corrected chi connectivity index (χ4v) is 1.89. The molecule has 0 spiro atoms. The Balaban J connectivity index is 1.90. The lowest BCUT2D eigenvalue weighted by Gasteiger charge is -2.01. The Kier molecular flexibility index (Phi) is 3.19. The molecule has 0 saturated carbocycles. The van der Waals surface area contributed by atoms with Gasteiger partial charge in [-0.25, -0.2) is 18.7 Å². The summed E-state index contributed by atoms with van der Waals surface area (Å²) in [5.74, 6) is -0.454. The van der Waals surface area contributed by atoms with E-state index >= 15 is 0 Å². The minimum Gasteiger partial charge on any atom is -0.465 e. The number of hydrogen-bond donors (Lipinski definition) is 0. The van der Waals surface area contributed by atoms with E-state index in [1.807, 2.05) is 0 Å². The predicted octanol–water partition coefficient (Wildman–Crippen LogP) is 0.121. The van der Waals surface area contributed by atoms with E-state index in [0.29, 0.717) is 16.9 Å². The third kappa shape index (κ3) is 2.38. The zero-order valence-corrected chi connectivity index (χ0v) is 11.1. The van der Waals surface area contributed by atoms with E-state index in [1.165, 1.54) is 34.8 Å². The van der Waals surface area contributed by atoms with Crippen LogP contribution in [-0.4, -0.2) is 37.2 Å². The van der Waals surface area contributed by atoms with Crippen molar-refractivity contribution in [1.82, 2.24) is 24.1 Å². The number of ether oxygens (including phenoxy) is 1. The molecule has 106 valence electrons. The minimum absolute atomic E-state index is 0.210. The van der Waals surface area contributed by atoms with Crippen LogP contribution in [0.5, 0.6) is 0 Å². The van der Waals surface area contributed by atoms with Crippen LogP contribution in [0.2, 0.25) is 0 Å². The molecule has 0 bridgehead atoms. The number of carbonyl (C=O) groups excluding carboxylic acids is 1. The predicted molar refractivity (Wildman–Crippen MR) is 71.9 cm³/mol. The van der Waals surface area contributed by atoms with Crippen molar-refractivity contribution >= 4 is 11.6 Å². The first-order chi connectivity index (χ1) is 10.2. The zero-order chi connectivity index (χ0) is 14.8. The summed E-state index contributed by atoms with van der Waals surface area (Å²) >= 11 is 0. The second kappa shape index (κ2) is 5.16. The summed E-state index contributed by atoms with van der Waals surface area (Å²) in [6, 6.07) is 3.25. The first kappa shape index (κ1) is 13.0. The van der Waals surface area contributed by atoms with Crippen LogP contribution in [0, 0.1) is 0 Å². The van der Waals surface area contributed by atoms with Crippen LogP contribution < -0.4 is 5.69 Å². The molecule has 0 aliphatic heterocycles. The van der Waals surface area contributed by atoms with E-state index < -0.39 is 5.97 Å². The molecule has 21 heavy (non-hydrogen) atoms. The molecule has 3 aromatic rings. The SMILES string of the molecule is COC(=O)c1ccc(Cn2nc3cnccn3c2=O)nc1. The molecule has 0 amide bonds. The van der Waals surface area contributed by atoms with Crippen LogP contribution in [-0.2, 0) is 11.3 Å². The highest BCUT2D eigenvalue weighted by atomic mass is 16.5. The Labute approximate surface area is 118 Å². The van der Waals surface area contributed by atoms with Crippen molar-refractivity contribution in [3.63, 3.8) is 0 Å². The number of rotatable bonds is 3. The number of carbonyl (C=O) groups is 1. The monoisotopic (exact) mass is 285 g/mol. The van der Waals surface area contributed by atoms with Crippen LogP contribution >= 0.6 is 0 Å². The first-order valence-corrected chi connectivity index (χ1v) is 6.11. The summed E-state index contributed by atoms with van der Waals surface area (Å²) in [6.45, 7) is 0.210. The number of fused-ring (bicyclic) bond motifs is 1. The summed E-state index contributed by atoms with van der Waals surface area (Å²) in [7, 11) is 1.31. The highest BCUT2D eigenvalue weighted by molar-refractivity contribution is 5.88. The normalized spacial score (nSPS) is 10.7. The quantitative estimate of drug-likeness (QED) is 0.635. The maximum Gasteiger partial charge on any atom is 0.350 e. The Morgan fingerprint density at radius 2 is 2.19 bits per heavy atom. The van der Waals surface area contributed by atoms with E-state index in [-0.39, 0.29) is 12.2 Å². The largest absolute Gasteiger partial charge is 0.465 e. The van der Waals surface area contributed by atoms with Gasteiger partial charge in [0, 0.05) is 18.6 Å². The molecule has 0 atom stereocenters. The average Bonchev–Trinajstić information content (AvgIpc) is 2.84. The van der Waals surface area contributed by atoms with E-state index in [1.54, 1.807) is 18.3 Å². The summed E-state index contributed by atoms with van der Waals surface area (Å²) in [4.78, 5) is 31.4. The Hall–Kier alpha value is -3.03. The number of aromatic nitrogens is 5. The average molecular weight is 285 g/mol. The molecular formula is C13H11N5O3. The molecule has 0 unspecified atom stereocenters. The molecule has 0 fully saturated rings. The van der Waals surface area contributed by atoms with Crippen molar-refractivity contribution < 1.29 is 9.53 Å². The maximum atomic E-state index is 12.1. The number of pyridine rings is 1. The first-order valence-electron chi connectivity index (χ1n) is 6.11. The summed E-state index contributed by atoms with van der Waals surface area (Å²) < 4.78 is 7.28. The Morgan fingerprint density at radius 3 is 2.86 bits per heavy atom. The van der Waals surface area contributed by atoms with Gasteiger partial charge in [0.25, 0.3) is 0 Å². The van der Waals surface area contributed by atoms with Gasteiger partial charge in [0.05, 0.1) is 31.1 Å². The molecule has 0 aromatic carbocycles.